The van der Waals surface area contributed by atoms with Gasteiger partial charge < -0.3 is 5.32 Å². The molecule has 0 bridgehead atoms. The summed E-state index contributed by atoms with van der Waals surface area (Å²) in [5.74, 6) is 0. The monoisotopic (exact) mass is 335 g/mol. The Bertz CT molecular complexity index is 709. The van der Waals surface area contributed by atoms with Gasteiger partial charge in [-0.2, -0.15) is 0 Å². The Morgan fingerprint density at radius 1 is 1.08 bits per heavy atom. The maximum atomic E-state index is 4.62. The Morgan fingerprint density at radius 2 is 1.88 bits per heavy atom. The molecular weight excluding hydrogens is 306 g/mol. The zero-order chi connectivity index (χ0) is 18.5. The van der Waals surface area contributed by atoms with Gasteiger partial charge in [0.1, 0.15) is 0 Å². The van der Waals surface area contributed by atoms with Gasteiger partial charge in [0.25, 0.3) is 0 Å². The average Bonchev–Trinajstić information content (AvgIpc) is 2.61. The number of pyridine rings is 2. The average molecular weight is 335 g/mol. The van der Waals surface area contributed by atoms with E-state index in [0.717, 1.165) is 29.2 Å². The van der Waals surface area contributed by atoms with E-state index in [9.17, 15) is 0 Å². The topological polar surface area (TPSA) is 37.8 Å². The van der Waals surface area contributed by atoms with E-state index < -0.39 is 0 Å². The van der Waals surface area contributed by atoms with Gasteiger partial charge in [-0.15, -0.1) is 0 Å². The fraction of sp³-hybridized carbons (Fsp3) is 0.273. The third kappa shape index (κ3) is 8.23. The molecule has 2 aromatic rings. The fourth-order valence-corrected chi connectivity index (χ4v) is 2.11. The van der Waals surface area contributed by atoms with Crippen LogP contribution in [0.1, 0.15) is 39.0 Å². The quantitative estimate of drug-likeness (QED) is 0.741. The van der Waals surface area contributed by atoms with Crippen molar-refractivity contribution in [3.8, 4) is 11.4 Å². The molecule has 0 atom stereocenters. The molecule has 0 saturated carbocycles. The number of nitrogens with one attached hydrogen (secondary N) is 1. The Kier molecular flexibility index (Phi) is 9.79. The van der Waals surface area contributed by atoms with Crippen molar-refractivity contribution in [2.24, 2.45) is 0 Å². The molecule has 0 aliphatic heterocycles. The highest BCUT2D eigenvalue weighted by atomic mass is 14.9. The summed E-state index contributed by atoms with van der Waals surface area (Å²) >= 11 is 0. The van der Waals surface area contributed by atoms with Crippen molar-refractivity contribution in [2.45, 2.75) is 34.2 Å². The highest BCUT2D eigenvalue weighted by molar-refractivity contribution is 5.61. The summed E-state index contributed by atoms with van der Waals surface area (Å²) in [6.07, 6.45) is 12.0. The van der Waals surface area contributed by atoms with Crippen LogP contribution in [0.5, 0.6) is 0 Å². The van der Waals surface area contributed by atoms with Crippen LogP contribution < -0.4 is 5.32 Å². The zero-order valence-corrected chi connectivity index (χ0v) is 16.0. The van der Waals surface area contributed by atoms with E-state index in [0.29, 0.717) is 0 Å². The van der Waals surface area contributed by atoms with Gasteiger partial charge in [0.15, 0.2) is 0 Å². The third-order valence-electron chi connectivity index (χ3n) is 3.17. The smallest absolute Gasteiger partial charge is 0.0896 e. The van der Waals surface area contributed by atoms with Crippen LogP contribution in [0.15, 0.2) is 66.4 Å². The van der Waals surface area contributed by atoms with Gasteiger partial charge in [-0.25, -0.2) is 4.98 Å². The lowest BCUT2D eigenvalue weighted by molar-refractivity contribution is 0.791. The summed E-state index contributed by atoms with van der Waals surface area (Å²) in [6.45, 7) is 8.95. The molecule has 0 saturated heterocycles. The molecule has 0 fully saturated rings. The molecule has 2 rings (SSSR count). The summed E-state index contributed by atoms with van der Waals surface area (Å²) in [6, 6.07) is 10.0. The largest absolute Gasteiger partial charge is 0.314 e. The molecule has 0 aliphatic rings. The van der Waals surface area contributed by atoms with Crippen LogP contribution in [0.4, 0.5) is 0 Å². The van der Waals surface area contributed by atoms with E-state index >= 15 is 0 Å². The minimum atomic E-state index is 0.755. The number of hydrogen-bond acceptors (Lipinski definition) is 3. The van der Waals surface area contributed by atoms with Crippen molar-refractivity contribution in [2.75, 3.05) is 7.05 Å². The summed E-state index contributed by atoms with van der Waals surface area (Å²) in [4.78, 5) is 8.96. The summed E-state index contributed by atoms with van der Waals surface area (Å²) in [5.41, 5.74) is 5.34. The number of rotatable bonds is 5. The summed E-state index contributed by atoms with van der Waals surface area (Å²) < 4.78 is 0. The molecule has 3 nitrogen and oxygen atoms in total. The van der Waals surface area contributed by atoms with Crippen molar-refractivity contribution in [3.05, 3.63) is 77.7 Å². The van der Waals surface area contributed by atoms with E-state index in [4.69, 9.17) is 0 Å². The van der Waals surface area contributed by atoms with Crippen molar-refractivity contribution in [3.63, 3.8) is 0 Å². The molecule has 0 aliphatic carbocycles. The second-order valence-electron chi connectivity index (χ2n) is 5.79. The molecule has 2 heterocycles. The second kappa shape index (κ2) is 11.9. The van der Waals surface area contributed by atoms with E-state index in [2.05, 4.69) is 53.4 Å². The number of nitrogens with zero attached hydrogens (tertiary/aromatic N) is 2. The maximum Gasteiger partial charge on any atom is 0.0896 e. The van der Waals surface area contributed by atoms with Crippen molar-refractivity contribution >= 4 is 6.08 Å². The van der Waals surface area contributed by atoms with Crippen LogP contribution in [0.3, 0.4) is 0 Å². The first-order valence-corrected chi connectivity index (χ1v) is 8.56. The van der Waals surface area contributed by atoms with Crippen molar-refractivity contribution in [1.29, 1.82) is 0 Å². The van der Waals surface area contributed by atoms with Gasteiger partial charge in [-0.1, -0.05) is 42.0 Å². The minimum Gasteiger partial charge on any atom is -0.314 e. The third-order valence-corrected chi connectivity index (χ3v) is 3.17. The fourth-order valence-electron chi connectivity index (χ4n) is 2.11. The highest BCUT2D eigenvalue weighted by Crippen LogP contribution is 2.17. The Hall–Kier alpha value is -2.52. The summed E-state index contributed by atoms with van der Waals surface area (Å²) in [5, 5.41) is 3.12. The van der Waals surface area contributed by atoms with Gasteiger partial charge in [0.05, 0.1) is 17.1 Å². The lowest BCUT2D eigenvalue weighted by Crippen LogP contribution is -2.07. The molecule has 0 unspecified atom stereocenters. The van der Waals surface area contributed by atoms with Crippen LogP contribution in [-0.4, -0.2) is 17.0 Å². The van der Waals surface area contributed by atoms with Crippen LogP contribution in [0.2, 0.25) is 0 Å². The van der Waals surface area contributed by atoms with Crippen LogP contribution in [0, 0.1) is 0 Å². The number of hydrogen-bond donors (Lipinski definition) is 1. The molecule has 0 amide bonds. The van der Waals surface area contributed by atoms with Gasteiger partial charge >= 0.3 is 0 Å². The summed E-state index contributed by atoms with van der Waals surface area (Å²) in [7, 11) is 1.92. The van der Waals surface area contributed by atoms with Crippen LogP contribution in [-0.2, 0) is 6.54 Å². The van der Waals surface area contributed by atoms with Gasteiger partial charge in [-0.05, 0) is 64.6 Å². The van der Waals surface area contributed by atoms with Crippen molar-refractivity contribution in [1.82, 2.24) is 15.3 Å². The lowest BCUT2D eigenvalue weighted by atomic mass is 10.1. The molecule has 2 aromatic heterocycles. The molecule has 132 valence electrons. The Balaban J connectivity index is 0.000000381. The second-order valence-corrected chi connectivity index (χ2v) is 5.79. The maximum absolute atomic E-state index is 4.62. The number of allylic oxidation sites excluding steroid dienone is 5. The Labute approximate surface area is 152 Å². The van der Waals surface area contributed by atoms with Crippen molar-refractivity contribution < 1.29 is 0 Å². The van der Waals surface area contributed by atoms with Gasteiger partial charge in [0.2, 0.25) is 0 Å². The molecule has 0 radical (unpaired) electrons. The molecule has 3 heteroatoms. The minimum absolute atomic E-state index is 0.755. The predicted molar refractivity (Wildman–Crippen MR) is 109 cm³/mol. The first-order valence-electron chi connectivity index (χ1n) is 8.56. The van der Waals surface area contributed by atoms with E-state index in [1.807, 2.05) is 57.3 Å². The van der Waals surface area contributed by atoms with E-state index in [1.165, 1.54) is 5.57 Å². The highest BCUT2D eigenvalue weighted by Gasteiger charge is 2.04. The SMILES string of the molecule is C/C=C/c1cc(CNC)nc(-c2ccccn2)c1.C/C=C\C=C(C)C. The molecule has 1 N–H and O–H groups in total. The molecular formula is C22H29N3. The molecule has 0 aromatic carbocycles. The van der Waals surface area contributed by atoms with Gasteiger partial charge in [-0.3, -0.25) is 4.98 Å². The normalized spacial score (nSPS) is 10.6. The van der Waals surface area contributed by atoms with Crippen LogP contribution in [0.25, 0.3) is 17.5 Å². The van der Waals surface area contributed by atoms with Gasteiger partial charge in [0, 0.05) is 12.7 Å². The molecule has 0 spiro atoms. The molecule has 25 heavy (non-hydrogen) atoms. The van der Waals surface area contributed by atoms with Crippen LogP contribution >= 0.6 is 0 Å². The standard InChI is InChI=1S/C15H17N3.C7H12/c1-3-6-12-9-13(11-16-2)18-15(10-12)14-7-4-5-8-17-14;1-4-5-6-7(2)3/h3-10,16H,11H2,1-2H3;4-6H,1-3H3/b6-3+;5-4-. The Morgan fingerprint density at radius 3 is 2.40 bits per heavy atom. The van der Waals surface area contributed by atoms with E-state index in [-0.39, 0.29) is 0 Å². The van der Waals surface area contributed by atoms with E-state index in [1.54, 1.807) is 6.20 Å². The zero-order valence-electron chi connectivity index (χ0n) is 16.0. The first-order chi connectivity index (χ1) is 12.1. The predicted octanol–water partition coefficient (Wildman–Crippen LogP) is 5.42. The number of aromatic nitrogens is 2. The lowest BCUT2D eigenvalue weighted by Gasteiger charge is -2.06. The first kappa shape index (κ1) is 20.5.